The van der Waals surface area contributed by atoms with Crippen molar-refractivity contribution in [1.29, 1.82) is 0 Å². The summed E-state index contributed by atoms with van der Waals surface area (Å²) in [7, 11) is 0. The van der Waals surface area contributed by atoms with Gasteiger partial charge in [0, 0.05) is 29.0 Å². The number of aromatic nitrogens is 2. The van der Waals surface area contributed by atoms with Crippen LogP contribution in [0.25, 0.3) is 0 Å². The van der Waals surface area contributed by atoms with E-state index in [9.17, 15) is 14.9 Å². The maximum atomic E-state index is 11.7. The van der Waals surface area contributed by atoms with Gasteiger partial charge in [0.1, 0.15) is 6.33 Å². The number of hydrogen-bond acceptors (Lipinski definition) is 4. The van der Waals surface area contributed by atoms with Crippen molar-refractivity contribution in [2.24, 2.45) is 0 Å². The lowest BCUT2D eigenvalue weighted by atomic mass is 10.3. The number of nitrogens with one attached hydrogen (secondary N) is 1. The molecule has 0 aliphatic carbocycles. The van der Waals surface area contributed by atoms with Gasteiger partial charge in [-0.05, 0) is 22.0 Å². The summed E-state index contributed by atoms with van der Waals surface area (Å²) in [5.41, 5.74) is 0.224. The Labute approximate surface area is 110 Å². The summed E-state index contributed by atoms with van der Waals surface area (Å²) in [5, 5.41) is 13.2. The maximum absolute atomic E-state index is 11.7. The monoisotopic (exact) mass is 310 g/mol. The van der Waals surface area contributed by atoms with Crippen LogP contribution >= 0.6 is 15.9 Å². The minimum absolute atomic E-state index is 0.0980. The van der Waals surface area contributed by atoms with Crippen molar-refractivity contribution >= 4 is 33.3 Å². The van der Waals surface area contributed by atoms with Crippen LogP contribution in [0.3, 0.4) is 0 Å². The van der Waals surface area contributed by atoms with E-state index in [1.165, 1.54) is 41.5 Å². The summed E-state index contributed by atoms with van der Waals surface area (Å²) in [6.45, 7) is 0. The highest BCUT2D eigenvalue weighted by Crippen LogP contribution is 2.27. The molecule has 18 heavy (non-hydrogen) atoms. The molecule has 0 spiro atoms. The predicted octanol–water partition coefficient (Wildman–Crippen LogP) is 2.63. The summed E-state index contributed by atoms with van der Waals surface area (Å²) in [5.74, 6) is 0. The minimum Gasteiger partial charge on any atom is -0.306 e. The van der Waals surface area contributed by atoms with Crippen LogP contribution in [0.2, 0.25) is 0 Å². The van der Waals surface area contributed by atoms with Crippen LogP contribution in [-0.2, 0) is 0 Å². The molecule has 0 saturated carbocycles. The van der Waals surface area contributed by atoms with E-state index in [4.69, 9.17) is 0 Å². The zero-order chi connectivity index (χ0) is 13.1. The molecular formula is C10H7BrN4O3. The number of imidazole rings is 1. The Kier molecular flexibility index (Phi) is 3.38. The Morgan fingerprint density at radius 3 is 2.89 bits per heavy atom. The van der Waals surface area contributed by atoms with Gasteiger partial charge in [-0.15, -0.1) is 0 Å². The Bertz CT molecular complexity index is 597. The van der Waals surface area contributed by atoms with Gasteiger partial charge in [-0.3, -0.25) is 14.7 Å². The van der Waals surface area contributed by atoms with E-state index < -0.39 is 11.0 Å². The summed E-state index contributed by atoms with van der Waals surface area (Å²) in [4.78, 5) is 25.6. The second-order valence-electron chi connectivity index (χ2n) is 3.32. The number of nitro groups is 1. The average Bonchev–Trinajstić information content (AvgIpc) is 2.85. The van der Waals surface area contributed by atoms with Crippen LogP contribution < -0.4 is 5.32 Å². The van der Waals surface area contributed by atoms with Crippen molar-refractivity contribution in [3.05, 3.63) is 51.5 Å². The van der Waals surface area contributed by atoms with Gasteiger partial charge in [-0.1, -0.05) is 0 Å². The SMILES string of the molecule is O=C(Nc1cc([N+](=O)[O-])ccc1Br)n1ccnc1. The lowest BCUT2D eigenvalue weighted by Crippen LogP contribution is -2.18. The molecule has 1 N–H and O–H groups in total. The molecule has 1 amide bonds. The third kappa shape index (κ3) is 2.54. The minimum atomic E-state index is -0.528. The summed E-state index contributed by atoms with van der Waals surface area (Å²) in [6.07, 6.45) is 4.27. The topological polar surface area (TPSA) is 90.1 Å². The Hall–Kier alpha value is -2.22. The molecule has 2 rings (SSSR count). The fraction of sp³-hybridized carbons (Fsp3) is 0. The number of rotatable bonds is 2. The first-order valence-corrected chi connectivity index (χ1v) is 5.60. The lowest BCUT2D eigenvalue weighted by Gasteiger charge is -2.07. The van der Waals surface area contributed by atoms with Gasteiger partial charge in [0.25, 0.3) is 5.69 Å². The van der Waals surface area contributed by atoms with Crippen molar-refractivity contribution in [2.75, 3.05) is 5.32 Å². The number of carbonyl (C=O) groups is 1. The van der Waals surface area contributed by atoms with Gasteiger partial charge in [-0.25, -0.2) is 9.78 Å². The van der Waals surface area contributed by atoms with E-state index >= 15 is 0 Å². The first kappa shape index (κ1) is 12.2. The van der Waals surface area contributed by atoms with Gasteiger partial charge < -0.3 is 5.32 Å². The fourth-order valence-corrected chi connectivity index (χ4v) is 1.63. The van der Waals surface area contributed by atoms with Gasteiger partial charge in [0.05, 0.1) is 10.6 Å². The van der Waals surface area contributed by atoms with Crippen LogP contribution in [0.1, 0.15) is 0 Å². The smallest absolute Gasteiger partial charge is 0.306 e. The zero-order valence-electron chi connectivity index (χ0n) is 8.91. The standard InChI is InChI=1S/C10H7BrN4O3/c11-8-2-1-7(15(17)18)5-9(8)13-10(16)14-4-3-12-6-14/h1-6H,(H,13,16). The van der Waals surface area contributed by atoms with Crippen LogP contribution in [0, 0.1) is 10.1 Å². The van der Waals surface area contributed by atoms with E-state index in [0.29, 0.717) is 10.2 Å². The maximum Gasteiger partial charge on any atom is 0.331 e. The van der Waals surface area contributed by atoms with Crippen molar-refractivity contribution in [1.82, 2.24) is 9.55 Å². The molecule has 0 saturated heterocycles. The van der Waals surface area contributed by atoms with Crippen LogP contribution in [-0.4, -0.2) is 20.5 Å². The molecule has 0 fully saturated rings. The Morgan fingerprint density at radius 1 is 1.50 bits per heavy atom. The molecule has 1 aromatic carbocycles. The zero-order valence-corrected chi connectivity index (χ0v) is 10.5. The predicted molar refractivity (Wildman–Crippen MR) is 67.4 cm³/mol. The first-order valence-electron chi connectivity index (χ1n) is 4.81. The first-order chi connectivity index (χ1) is 8.58. The molecule has 0 bridgehead atoms. The van der Waals surface area contributed by atoms with E-state index in [1.54, 1.807) is 0 Å². The molecule has 7 nitrogen and oxygen atoms in total. The second kappa shape index (κ2) is 4.96. The Balaban J connectivity index is 2.26. The number of nitrogens with zero attached hydrogens (tertiary/aromatic N) is 3. The van der Waals surface area contributed by atoms with E-state index in [0.717, 1.165) is 0 Å². The lowest BCUT2D eigenvalue weighted by molar-refractivity contribution is -0.384. The summed E-state index contributed by atoms with van der Waals surface area (Å²) < 4.78 is 1.78. The van der Waals surface area contributed by atoms with Gasteiger partial charge in [-0.2, -0.15) is 0 Å². The number of amides is 1. The van der Waals surface area contributed by atoms with Crippen LogP contribution in [0.15, 0.2) is 41.4 Å². The van der Waals surface area contributed by atoms with Crippen molar-refractivity contribution in [3.8, 4) is 0 Å². The molecule has 2 aromatic rings. The van der Waals surface area contributed by atoms with Crippen LogP contribution in [0.5, 0.6) is 0 Å². The van der Waals surface area contributed by atoms with Gasteiger partial charge in [0.2, 0.25) is 0 Å². The highest BCUT2D eigenvalue weighted by Gasteiger charge is 2.12. The van der Waals surface area contributed by atoms with Crippen molar-refractivity contribution in [3.63, 3.8) is 0 Å². The van der Waals surface area contributed by atoms with E-state index in [2.05, 4.69) is 26.2 Å². The second-order valence-corrected chi connectivity index (χ2v) is 4.18. The van der Waals surface area contributed by atoms with Gasteiger partial charge >= 0.3 is 6.03 Å². The molecule has 0 unspecified atom stereocenters. The average molecular weight is 311 g/mol. The van der Waals surface area contributed by atoms with Crippen molar-refractivity contribution in [2.45, 2.75) is 0 Å². The largest absolute Gasteiger partial charge is 0.331 e. The number of benzene rings is 1. The fourth-order valence-electron chi connectivity index (χ4n) is 1.28. The normalized spacial score (nSPS) is 10.1. The molecule has 0 radical (unpaired) electrons. The number of halogens is 1. The molecular weight excluding hydrogens is 304 g/mol. The van der Waals surface area contributed by atoms with Crippen molar-refractivity contribution < 1.29 is 9.72 Å². The molecule has 0 aliphatic rings. The van der Waals surface area contributed by atoms with Gasteiger partial charge in [0.15, 0.2) is 0 Å². The quantitative estimate of drug-likeness (QED) is 0.682. The molecule has 92 valence electrons. The third-order valence-corrected chi connectivity index (χ3v) is 2.83. The molecule has 1 heterocycles. The molecule has 1 aromatic heterocycles. The molecule has 0 aliphatic heterocycles. The summed E-state index contributed by atoms with van der Waals surface area (Å²) >= 11 is 3.21. The third-order valence-electron chi connectivity index (χ3n) is 2.14. The number of hydrogen-bond donors (Lipinski definition) is 1. The number of anilines is 1. The number of carbonyl (C=O) groups excluding carboxylic acids is 1. The number of non-ortho nitro benzene ring substituents is 1. The molecule has 0 atom stereocenters. The molecule has 8 heteroatoms. The highest BCUT2D eigenvalue weighted by molar-refractivity contribution is 9.10. The van der Waals surface area contributed by atoms with Crippen LogP contribution in [0.4, 0.5) is 16.2 Å². The van der Waals surface area contributed by atoms with E-state index in [1.807, 2.05) is 0 Å². The number of nitro benzene ring substituents is 1. The van der Waals surface area contributed by atoms with E-state index in [-0.39, 0.29) is 5.69 Å². The highest BCUT2D eigenvalue weighted by atomic mass is 79.9. The Morgan fingerprint density at radius 2 is 2.28 bits per heavy atom. The summed E-state index contributed by atoms with van der Waals surface area (Å²) in [6, 6.07) is 3.67.